The van der Waals surface area contributed by atoms with Crippen molar-refractivity contribution in [3.05, 3.63) is 112 Å². The van der Waals surface area contributed by atoms with E-state index in [1.165, 1.54) is 39.3 Å². The quantitative estimate of drug-likeness (QED) is 0.344. The Kier molecular flexibility index (Phi) is 5.74. The van der Waals surface area contributed by atoms with E-state index in [9.17, 15) is 0 Å². The third-order valence-electron chi connectivity index (χ3n) is 6.95. The summed E-state index contributed by atoms with van der Waals surface area (Å²) >= 11 is 5.92. The summed E-state index contributed by atoms with van der Waals surface area (Å²) in [6.45, 7) is 10.8. The lowest BCUT2D eigenvalue weighted by Crippen LogP contribution is -2.29. The van der Waals surface area contributed by atoms with Crippen molar-refractivity contribution in [2.45, 2.75) is 46.7 Å². The SMILES string of the molecule is Cc1ccc(-n2c(C)cc([C@@H]3[C@H](c4ccccn4)NC(=S)N3c3ccc(C)c(C)c3)c2C)cc1. The molecule has 0 unspecified atom stereocenters. The number of rotatable bonds is 4. The molecule has 0 aliphatic carbocycles. The minimum Gasteiger partial charge on any atom is -0.351 e. The number of benzene rings is 2. The van der Waals surface area contributed by atoms with Crippen molar-refractivity contribution in [3.63, 3.8) is 0 Å². The van der Waals surface area contributed by atoms with Crippen LogP contribution in [0.4, 0.5) is 5.69 Å². The van der Waals surface area contributed by atoms with Crippen molar-refractivity contribution in [3.8, 4) is 5.69 Å². The molecular weight excluding hydrogens is 436 g/mol. The van der Waals surface area contributed by atoms with Crippen LogP contribution in [0.3, 0.4) is 0 Å². The zero-order valence-electron chi connectivity index (χ0n) is 20.3. The summed E-state index contributed by atoms with van der Waals surface area (Å²) < 4.78 is 2.34. The topological polar surface area (TPSA) is 33.1 Å². The zero-order valence-corrected chi connectivity index (χ0v) is 21.1. The van der Waals surface area contributed by atoms with Gasteiger partial charge in [-0.3, -0.25) is 4.98 Å². The molecule has 0 radical (unpaired) electrons. The second-order valence-electron chi connectivity index (χ2n) is 9.26. The number of nitrogens with one attached hydrogen (secondary N) is 1. The molecule has 0 amide bonds. The first-order chi connectivity index (χ1) is 16.3. The Morgan fingerprint density at radius 2 is 1.56 bits per heavy atom. The van der Waals surface area contributed by atoms with E-state index in [1.54, 1.807) is 0 Å². The third-order valence-corrected chi connectivity index (χ3v) is 7.26. The summed E-state index contributed by atoms with van der Waals surface area (Å²) in [7, 11) is 0. The summed E-state index contributed by atoms with van der Waals surface area (Å²) in [4.78, 5) is 6.97. The number of pyridine rings is 1. The van der Waals surface area contributed by atoms with Crippen molar-refractivity contribution in [2.24, 2.45) is 0 Å². The van der Waals surface area contributed by atoms with Gasteiger partial charge < -0.3 is 14.8 Å². The van der Waals surface area contributed by atoms with Crippen LogP contribution >= 0.6 is 12.2 Å². The fraction of sp³-hybridized carbons (Fsp3) is 0.241. The monoisotopic (exact) mass is 466 g/mol. The second-order valence-corrected chi connectivity index (χ2v) is 9.65. The molecule has 5 heteroatoms. The van der Waals surface area contributed by atoms with Crippen LogP contribution in [-0.4, -0.2) is 14.7 Å². The van der Waals surface area contributed by atoms with E-state index in [0.29, 0.717) is 0 Å². The van der Waals surface area contributed by atoms with Gasteiger partial charge in [-0.25, -0.2) is 0 Å². The largest absolute Gasteiger partial charge is 0.351 e. The average Bonchev–Trinajstić information content (AvgIpc) is 3.32. The van der Waals surface area contributed by atoms with E-state index in [0.717, 1.165) is 16.5 Å². The zero-order chi connectivity index (χ0) is 24.0. The van der Waals surface area contributed by atoms with Gasteiger partial charge in [0.25, 0.3) is 0 Å². The van der Waals surface area contributed by atoms with Gasteiger partial charge in [0.15, 0.2) is 5.11 Å². The average molecular weight is 467 g/mol. The van der Waals surface area contributed by atoms with E-state index < -0.39 is 0 Å². The molecular formula is C29H30N4S. The molecule has 1 saturated heterocycles. The number of aromatic nitrogens is 2. The van der Waals surface area contributed by atoms with Crippen molar-refractivity contribution < 1.29 is 0 Å². The standard InChI is InChI=1S/C29H30N4S/c1-18-9-12-23(13-10-18)32-21(4)17-25(22(32)5)28-27(26-8-6-7-15-30-26)31-29(34)33(28)24-14-11-19(2)20(3)16-24/h6-17,27-28H,1-5H3,(H,31,34)/t27-,28+/m0/s1. The highest BCUT2D eigenvalue weighted by Gasteiger charge is 2.42. The van der Waals surface area contributed by atoms with Crippen LogP contribution < -0.4 is 10.2 Å². The molecule has 2 aromatic heterocycles. The number of hydrogen-bond acceptors (Lipinski definition) is 2. The molecule has 1 aliphatic rings. The molecule has 5 rings (SSSR count). The van der Waals surface area contributed by atoms with Gasteiger partial charge in [0.2, 0.25) is 0 Å². The molecule has 3 heterocycles. The van der Waals surface area contributed by atoms with Crippen molar-refractivity contribution in [1.29, 1.82) is 0 Å². The molecule has 2 atom stereocenters. The molecule has 0 saturated carbocycles. The Bertz CT molecular complexity index is 1360. The Morgan fingerprint density at radius 1 is 0.824 bits per heavy atom. The van der Waals surface area contributed by atoms with E-state index in [1.807, 2.05) is 18.3 Å². The predicted octanol–water partition coefficient (Wildman–Crippen LogP) is 6.59. The van der Waals surface area contributed by atoms with Crippen LogP contribution in [0.25, 0.3) is 5.69 Å². The lowest BCUT2D eigenvalue weighted by Gasteiger charge is -2.28. The van der Waals surface area contributed by atoms with Gasteiger partial charge in [-0.15, -0.1) is 0 Å². The minimum atomic E-state index is -0.0534. The van der Waals surface area contributed by atoms with Crippen LogP contribution in [0.2, 0.25) is 0 Å². The van der Waals surface area contributed by atoms with Crippen LogP contribution in [0.15, 0.2) is 72.9 Å². The fourth-order valence-electron chi connectivity index (χ4n) is 5.00. The van der Waals surface area contributed by atoms with Gasteiger partial charge >= 0.3 is 0 Å². The first-order valence-electron chi connectivity index (χ1n) is 11.7. The summed E-state index contributed by atoms with van der Waals surface area (Å²) in [5.74, 6) is 0. The summed E-state index contributed by atoms with van der Waals surface area (Å²) in [5.41, 5.74) is 10.7. The maximum absolute atomic E-state index is 5.92. The Morgan fingerprint density at radius 3 is 2.24 bits per heavy atom. The number of anilines is 1. The molecule has 2 aromatic carbocycles. The van der Waals surface area contributed by atoms with Crippen molar-refractivity contribution >= 4 is 23.0 Å². The summed E-state index contributed by atoms with van der Waals surface area (Å²) in [6, 6.07) is 23.6. The maximum atomic E-state index is 5.92. The van der Waals surface area contributed by atoms with Crippen LogP contribution in [-0.2, 0) is 0 Å². The maximum Gasteiger partial charge on any atom is 0.174 e. The molecule has 4 nitrogen and oxygen atoms in total. The first-order valence-corrected chi connectivity index (χ1v) is 12.1. The lowest BCUT2D eigenvalue weighted by atomic mass is 9.96. The predicted molar refractivity (Wildman–Crippen MR) is 144 cm³/mol. The highest BCUT2D eigenvalue weighted by atomic mass is 32.1. The van der Waals surface area contributed by atoms with Gasteiger partial charge in [-0.1, -0.05) is 29.8 Å². The molecule has 1 fully saturated rings. The molecule has 34 heavy (non-hydrogen) atoms. The van der Waals surface area contributed by atoms with Gasteiger partial charge in [0.05, 0.1) is 17.8 Å². The third kappa shape index (κ3) is 3.80. The lowest BCUT2D eigenvalue weighted by molar-refractivity contribution is 0.565. The van der Waals surface area contributed by atoms with Gasteiger partial charge in [-0.2, -0.15) is 0 Å². The second kappa shape index (κ2) is 8.73. The molecule has 0 spiro atoms. The van der Waals surface area contributed by atoms with Crippen LogP contribution in [0.5, 0.6) is 0 Å². The number of nitrogens with zero attached hydrogens (tertiary/aromatic N) is 3. The summed E-state index contributed by atoms with van der Waals surface area (Å²) in [6.07, 6.45) is 1.85. The number of thiocarbonyl (C=S) groups is 1. The van der Waals surface area contributed by atoms with Crippen LogP contribution in [0.1, 0.15) is 51.4 Å². The Labute approximate surface area is 207 Å². The van der Waals surface area contributed by atoms with E-state index in [4.69, 9.17) is 17.2 Å². The van der Waals surface area contributed by atoms with Gasteiger partial charge in [0.1, 0.15) is 0 Å². The molecule has 4 aromatic rings. The number of hydrogen-bond donors (Lipinski definition) is 1. The highest BCUT2D eigenvalue weighted by molar-refractivity contribution is 7.80. The summed E-state index contributed by atoms with van der Waals surface area (Å²) in [5, 5.41) is 4.32. The molecule has 0 bridgehead atoms. The Hall–Kier alpha value is -3.44. The van der Waals surface area contributed by atoms with E-state index in [-0.39, 0.29) is 12.1 Å². The normalized spacial score (nSPS) is 17.8. The van der Waals surface area contributed by atoms with E-state index >= 15 is 0 Å². The minimum absolute atomic E-state index is 0.0186. The van der Waals surface area contributed by atoms with Crippen LogP contribution in [0, 0.1) is 34.6 Å². The first kappa shape index (κ1) is 22.4. The Balaban J connectivity index is 1.68. The van der Waals surface area contributed by atoms with Crippen molar-refractivity contribution in [1.82, 2.24) is 14.9 Å². The smallest absolute Gasteiger partial charge is 0.174 e. The molecule has 1 aliphatic heterocycles. The van der Waals surface area contributed by atoms with Gasteiger partial charge in [0, 0.05) is 29.0 Å². The van der Waals surface area contributed by atoms with Gasteiger partial charge in [-0.05, 0) is 106 Å². The molecule has 1 N–H and O–H groups in total. The molecule has 172 valence electrons. The fourth-order valence-corrected chi connectivity index (χ4v) is 5.35. The van der Waals surface area contributed by atoms with E-state index in [2.05, 4.69) is 104 Å². The highest BCUT2D eigenvalue weighted by Crippen LogP contribution is 2.44. The number of aryl methyl sites for hydroxylation is 4. The van der Waals surface area contributed by atoms with Crippen molar-refractivity contribution in [2.75, 3.05) is 4.90 Å².